The average Bonchev–Trinajstić information content (AvgIpc) is 2.35. The number of carbonyl (C=O) groups is 1. The Morgan fingerprint density at radius 3 is 2.86 bits per heavy atom. The van der Waals surface area contributed by atoms with Crippen molar-refractivity contribution in [2.45, 2.75) is 26.4 Å². The number of carbonyl (C=O) groups excluding carboxylic acids is 1. The van der Waals surface area contributed by atoms with Crippen LogP contribution in [0.25, 0.3) is 0 Å². The van der Waals surface area contributed by atoms with E-state index >= 15 is 0 Å². The second kappa shape index (κ2) is 6.00. The van der Waals surface area contributed by atoms with Crippen LogP contribution >= 0.6 is 0 Å². The molecule has 112 valence electrons. The van der Waals surface area contributed by atoms with Gasteiger partial charge in [-0.1, -0.05) is 0 Å². The Labute approximate surface area is 124 Å². The first kappa shape index (κ1) is 15.1. The van der Waals surface area contributed by atoms with Crippen LogP contribution in [0.5, 0.6) is 5.75 Å². The normalized spacial score (nSPS) is 15.0. The zero-order valence-electron chi connectivity index (χ0n) is 12.5. The number of rotatable bonds is 3. The molecule has 6 nitrogen and oxygen atoms in total. The Bertz CT molecular complexity index is 554. The van der Waals surface area contributed by atoms with Crippen molar-refractivity contribution >= 4 is 6.09 Å². The van der Waals surface area contributed by atoms with Gasteiger partial charge >= 0.3 is 6.09 Å². The quantitative estimate of drug-likeness (QED) is 0.852. The third kappa shape index (κ3) is 4.09. The smallest absolute Gasteiger partial charge is 0.410 e. The monoisotopic (exact) mass is 289 g/mol. The molecule has 0 N–H and O–H groups in total. The molecule has 0 saturated carbocycles. The Kier molecular flexibility index (Phi) is 4.32. The summed E-state index contributed by atoms with van der Waals surface area (Å²) in [5.74, 6) is 0.736. The van der Waals surface area contributed by atoms with Crippen molar-refractivity contribution < 1.29 is 14.3 Å². The fraction of sp³-hybridized carbons (Fsp3) is 0.533. The molecule has 1 fully saturated rings. The lowest BCUT2D eigenvalue weighted by Gasteiger charge is -2.39. The molecule has 6 heteroatoms. The fourth-order valence-electron chi connectivity index (χ4n) is 1.95. The van der Waals surface area contributed by atoms with E-state index < -0.39 is 5.60 Å². The molecule has 0 aromatic carbocycles. The van der Waals surface area contributed by atoms with Crippen LogP contribution < -0.4 is 4.74 Å². The number of nitriles is 1. The molecule has 21 heavy (non-hydrogen) atoms. The maximum Gasteiger partial charge on any atom is 0.410 e. The van der Waals surface area contributed by atoms with Crippen molar-refractivity contribution in [3.8, 4) is 11.8 Å². The molecule has 0 aliphatic carbocycles. The van der Waals surface area contributed by atoms with Gasteiger partial charge in [-0.2, -0.15) is 5.26 Å². The second-order valence-electron chi connectivity index (χ2n) is 6.02. The zero-order valence-corrected chi connectivity index (χ0v) is 12.5. The predicted molar refractivity (Wildman–Crippen MR) is 75.7 cm³/mol. The first-order valence-electron chi connectivity index (χ1n) is 6.85. The van der Waals surface area contributed by atoms with Crippen molar-refractivity contribution in [2.24, 2.45) is 5.92 Å². The summed E-state index contributed by atoms with van der Waals surface area (Å²) in [4.78, 5) is 17.3. The number of hydrogen-bond acceptors (Lipinski definition) is 5. The number of hydrogen-bond donors (Lipinski definition) is 0. The molecule has 2 rings (SSSR count). The third-order valence-electron chi connectivity index (χ3n) is 2.96. The second-order valence-corrected chi connectivity index (χ2v) is 6.02. The van der Waals surface area contributed by atoms with E-state index in [2.05, 4.69) is 4.98 Å². The van der Waals surface area contributed by atoms with E-state index in [-0.39, 0.29) is 17.7 Å². The first-order valence-corrected chi connectivity index (χ1v) is 6.85. The van der Waals surface area contributed by atoms with Gasteiger partial charge in [-0.25, -0.2) is 9.78 Å². The third-order valence-corrected chi connectivity index (χ3v) is 2.96. The summed E-state index contributed by atoms with van der Waals surface area (Å²) in [6, 6.07) is 5.43. The van der Waals surface area contributed by atoms with E-state index in [9.17, 15) is 4.79 Å². The highest BCUT2D eigenvalue weighted by molar-refractivity contribution is 5.69. The van der Waals surface area contributed by atoms with Crippen molar-refractivity contribution in [3.05, 3.63) is 24.0 Å². The van der Waals surface area contributed by atoms with Gasteiger partial charge in [0.1, 0.15) is 11.7 Å². The van der Waals surface area contributed by atoms with Crippen molar-refractivity contribution in [1.29, 1.82) is 5.26 Å². The SMILES string of the molecule is CC(C)(C)OC(=O)N1CC(COc2cccnc2C#N)C1. The van der Waals surface area contributed by atoms with Gasteiger partial charge in [-0.05, 0) is 32.9 Å². The summed E-state index contributed by atoms with van der Waals surface area (Å²) in [6.07, 6.45) is 1.26. The summed E-state index contributed by atoms with van der Waals surface area (Å²) in [7, 11) is 0. The number of aromatic nitrogens is 1. The minimum atomic E-state index is -0.476. The zero-order chi connectivity index (χ0) is 15.5. The molecule has 1 amide bonds. The first-order chi connectivity index (χ1) is 9.89. The van der Waals surface area contributed by atoms with Crippen LogP contribution in [0.4, 0.5) is 4.79 Å². The van der Waals surface area contributed by atoms with E-state index in [0.717, 1.165) is 0 Å². The van der Waals surface area contributed by atoms with E-state index in [4.69, 9.17) is 14.7 Å². The van der Waals surface area contributed by atoms with Gasteiger partial charge in [0.2, 0.25) is 0 Å². The lowest BCUT2D eigenvalue weighted by atomic mass is 10.0. The van der Waals surface area contributed by atoms with Gasteiger partial charge in [0.05, 0.1) is 6.61 Å². The lowest BCUT2D eigenvalue weighted by molar-refractivity contribution is -0.00785. The topological polar surface area (TPSA) is 75.4 Å². The van der Waals surface area contributed by atoms with Crippen LogP contribution in [0.2, 0.25) is 0 Å². The van der Waals surface area contributed by atoms with E-state index in [0.29, 0.717) is 25.4 Å². The molecule has 1 aliphatic heterocycles. The largest absolute Gasteiger partial charge is 0.490 e. The molecular formula is C15H19N3O3. The van der Waals surface area contributed by atoms with Gasteiger partial charge < -0.3 is 14.4 Å². The number of likely N-dealkylation sites (tertiary alicyclic amines) is 1. The molecule has 0 radical (unpaired) electrons. The average molecular weight is 289 g/mol. The molecule has 0 atom stereocenters. The molecule has 2 heterocycles. The van der Waals surface area contributed by atoms with E-state index in [1.807, 2.05) is 26.8 Å². The maximum atomic E-state index is 11.8. The summed E-state index contributed by atoms with van der Waals surface area (Å²) in [5, 5.41) is 8.92. The Morgan fingerprint density at radius 2 is 2.24 bits per heavy atom. The summed E-state index contributed by atoms with van der Waals surface area (Å²) >= 11 is 0. The van der Waals surface area contributed by atoms with Crippen LogP contribution in [-0.2, 0) is 4.74 Å². The molecule has 1 aromatic heterocycles. The molecule has 1 saturated heterocycles. The molecule has 0 unspecified atom stereocenters. The Hall–Kier alpha value is -2.29. The Balaban J connectivity index is 1.76. The molecular weight excluding hydrogens is 270 g/mol. The van der Waals surface area contributed by atoms with Gasteiger partial charge in [0, 0.05) is 25.2 Å². The van der Waals surface area contributed by atoms with Crippen LogP contribution in [-0.4, -0.2) is 41.3 Å². The molecule has 1 aromatic rings. The van der Waals surface area contributed by atoms with E-state index in [1.165, 1.54) is 0 Å². The van der Waals surface area contributed by atoms with Gasteiger partial charge in [-0.3, -0.25) is 0 Å². The van der Waals surface area contributed by atoms with Crippen molar-refractivity contribution in [2.75, 3.05) is 19.7 Å². The summed E-state index contributed by atoms with van der Waals surface area (Å²) in [6.45, 7) is 7.21. The number of ether oxygens (including phenoxy) is 2. The van der Waals surface area contributed by atoms with Crippen LogP contribution in [0.3, 0.4) is 0 Å². The lowest BCUT2D eigenvalue weighted by Crippen LogP contribution is -2.53. The fourth-order valence-corrected chi connectivity index (χ4v) is 1.95. The molecule has 0 spiro atoms. The summed E-state index contributed by atoms with van der Waals surface area (Å²) in [5.41, 5.74) is -0.198. The van der Waals surface area contributed by atoms with Crippen molar-refractivity contribution in [1.82, 2.24) is 9.88 Å². The number of pyridine rings is 1. The number of nitrogens with zero attached hydrogens (tertiary/aromatic N) is 3. The highest BCUT2D eigenvalue weighted by atomic mass is 16.6. The van der Waals surface area contributed by atoms with Crippen LogP contribution in [0, 0.1) is 17.2 Å². The minimum absolute atomic E-state index is 0.254. The molecule has 0 bridgehead atoms. The predicted octanol–water partition coefficient (Wildman–Crippen LogP) is 2.20. The standard InChI is InChI=1S/C15H19N3O3/c1-15(2,3)21-14(19)18-8-11(9-18)10-20-13-5-4-6-17-12(13)7-16/h4-6,11H,8-10H2,1-3H3. The van der Waals surface area contributed by atoms with Gasteiger partial charge in [0.25, 0.3) is 0 Å². The van der Waals surface area contributed by atoms with Gasteiger partial charge in [-0.15, -0.1) is 0 Å². The summed E-state index contributed by atoms with van der Waals surface area (Å²) < 4.78 is 10.9. The maximum absolute atomic E-state index is 11.8. The minimum Gasteiger partial charge on any atom is -0.490 e. The highest BCUT2D eigenvalue weighted by Gasteiger charge is 2.34. The number of amides is 1. The molecule has 1 aliphatic rings. The van der Waals surface area contributed by atoms with Crippen LogP contribution in [0.1, 0.15) is 26.5 Å². The Morgan fingerprint density at radius 1 is 1.52 bits per heavy atom. The van der Waals surface area contributed by atoms with Crippen molar-refractivity contribution in [3.63, 3.8) is 0 Å². The highest BCUT2D eigenvalue weighted by Crippen LogP contribution is 2.21. The van der Waals surface area contributed by atoms with Gasteiger partial charge in [0.15, 0.2) is 11.4 Å². The van der Waals surface area contributed by atoms with Crippen LogP contribution in [0.15, 0.2) is 18.3 Å². The van der Waals surface area contributed by atoms with E-state index in [1.54, 1.807) is 23.2 Å².